The highest BCUT2D eigenvalue weighted by molar-refractivity contribution is 4.56. The molecule has 310 valence electrons. The van der Waals surface area contributed by atoms with Crippen LogP contribution in [0.25, 0.3) is 0 Å². The Bertz CT molecular complexity index is 578. The van der Waals surface area contributed by atoms with Crippen molar-refractivity contribution in [2.24, 2.45) is 0 Å². The molecule has 0 aliphatic carbocycles. The first-order chi connectivity index (χ1) is 24.7. The summed E-state index contributed by atoms with van der Waals surface area (Å²) in [5, 5.41) is 0. The van der Waals surface area contributed by atoms with Crippen LogP contribution in [-0.2, 0) is 0 Å². The summed E-state index contributed by atoms with van der Waals surface area (Å²) < 4.78 is 35.5. The molecule has 0 fully saturated rings. The van der Waals surface area contributed by atoms with Crippen LogP contribution < -0.4 is 18.6 Å². The van der Waals surface area contributed by atoms with E-state index in [2.05, 4.69) is 27.7 Å². The third kappa shape index (κ3) is 48.1. The molecular weight excluding hydrogens is 654 g/mol. The van der Waals surface area contributed by atoms with Crippen LogP contribution in [0.5, 0.6) is 0 Å². The number of quaternary nitrogens is 1. The van der Waals surface area contributed by atoms with E-state index in [-0.39, 0.29) is 0 Å². The third-order valence-corrected chi connectivity index (χ3v) is 11.2. The first-order valence-corrected chi connectivity index (χ1v) is 24.4. The molecule has 0 aromatic heterocycles. The molecule has 0 rings (SSSR count). The van der Waals surface area contributed by atoms with E-state index in [1.165, 1.54) is 268 Å². The largest absolute Gasteiger partial charge is 0.324 e. The van der Waals surface area contributed by atoms with Gasteiger partial charge in [-0.2, -0.15) is 0 Å². The van der Waals surface area contributed by atoms with Crippen molar-refractivity contribution in [3.8, 4) is 0 Å². The first kappa shape index (κ1) is 53.2. The Morgan fingerprint density at radius 1 is 0.235 bits per heavy atom. The zero-order valence-electron chi connectivity index (χ0n) is 35.4. The fourth-order valence-electron chi connectivity index (χ4n) is 7.88. The van der Waals surface area contributed by atoms with Crippen molar-refractivity contribution in [3.05, 3.63) is 0 Å². The molecule has 0 bridgehead atoms. The molecule has 0 saturated heterocycles. The van der Waals surface area contributed by atoms with Crippen LogP contribution in [0.15, 0.2) is 0 Å². The Morgan fingerprint density at radius 3 is 0.490 bits per heavy atom. The number of hydrogen-bond acceptors (Lipinski definition) is 4. The van der Waals surface area contributed by atoms with Crippen LogP contribution >= 0.6 is 0 Å². The van der Waals surface area contributed by atoms with Crippen LogP contribution in [0.2, 0.25) is 0 Å². The summed E-state index contributed by atoms with van der Waals surface area (Å²) in [6.45, 7) is 15.3. The van der Waals surface area contributed by atoms with Gasteiger partial charge in [-0.15, -0.1) is 10.2 Å². The zero-order chi connectivity index (χ0) is 38.0. The lowest BCUT2D eigenvalue weighted by atomic mass is 10.0. The zero-order valence-corrected chi connectivity index (χ0v) is 36.2. The van der Waals surface area contributed by atoms with Gasteiger partial charge in [0.05, 0.1) is 26.2 Å². The van der Waals surface area contributed by atoms with E-state index in [1.54, 1.807) is 0 Å². The molecule has 0 heterocycles. The van der Waals surface area contributed by atoms with Crippen molar-refractivity contribution in [3.63, 3.8) is 0 Å². The molecule has 0 atom stereocenters. The summed E-state index contributed by atoms with van der Waals surface area (Å²) in [5.74, 6) is 0. The second-order valence-corrected chi connectivity index (χ2v) is 17.0. The maximum Gasteiger partial charge on any atom is 0.0786 e. The highest BCUT2D eigenvalue weighted by Gasteiger charge is 2.25. The molecule has 5 nitrogen and oxygen atoms in total. The maximum atomic E-state index is 8.49. The van der Waals surface area contributed by atoms with Crippen LogP contribution in [0, 0.1) is 10.2 Å². The quantitative estimate of drug-likeness (QED) is 0.0460. The van der Waals surface area contributed by atoms with E-state index in [0.717, 1.165) is 0 Å². The van der Waals surface area contributed by atoms with E-state index < -0.39 is 10.2 Å². The van der Waals surface area contributed by atoms with Crippen molar-refractivity contribution < 1.29 is 33.4 Å². The molecule has 0 spiro atoms. The summed E-state index contributed by atoms with van der Waals surface area (Å²) in [4.78, 5) is 0. The molecule has 0 N–H and O–H groups in total. The Morgan fingerprint density at radius 2 is 0.353 bits per heavy atom. The number of unbranched alkanes of at least 4 members (excludes halogenated alkanes) is 33. The average Bonchev–Trinajstić information content (AvgIpc) is 3.09. The summed E-state index contributed by atoms with van der Waals surface area (Å²) in [6.07, 6.45) is 54.2. The van der Waals surface area contributed by atoms with E-state index in [4.69, 9.17) is 18.6 Å². The first-order valence-electron chi connectivity index (χ1n) is 23.2. The molecular formula is C45H94ClNO4. The lowest BCUT2D eigenvalue weighted by Gasteiger charge is -2.40. The molecule has 0 aliphatic rings. The lowest BCUT2D eigenvalue weighted by Crippen LogP contribution is -2.68. The van der Waals surface area contributed by atoms with Gasteiger partial charge in [0, 0.05) is 0 Å². The number of nitrogens with zero attached hydrogens (tertiary/aromatic N) is 1. The van der Waals surface area contributed by atoms with Gasteiger partial charge >= 0.3 is 0 Å². The van der Waals surface area contributed by atoms with E-state index in [1.807, 2.05) is 0 Å². The minimum absolute atomic E-state index is 1.37. The second-order valence-electron chi connectivity index (χ2n) is 16.3. The average molecular weight is 749 g/mol. The van der Waals surface area contributed by atoms with Crippen molar-refractivity contribution in [2.45, 2.75) is 265 Å². The monoisotopic (exact) mass is 748 g/mol. The SMILES string of the molecule is CCCCCCCCCCCCCCCCCC[N+](CCCCCCCCC)(CCCCCCCCC)CCCCCCCCC.[O-][Cl+3]([O-])([O-])[O-]. The fraction of sp³-hybridized carbons (Fsp3) is 1.00. The number of halogens is 1. The van der Waals surface area contributed by atoms with Crippen LogP contribution in [0.4, 0.5) is 0 Å². The second kappa shape index (κ2) is 42.8. The van der Waals surface area contributed by atoms with E-state index >= 15 is 0 Å². The Labute approximate surface area is 323 Å². The predicted molar refractivity (Wildman–Crippen MR) is 213 cm³/mol. The molecule has 51 heavy (non-hydrogen) atoms. The van der Waals surface area contributed by atoms with Gasteiger partial charge in [-0.1, -0.05) is 214 Å². The summed E-state index contributed by atoms with van der Waals surface area (Å²) in [5.41, 5.74) is 0. The van der Waals surface area contributed by atoms with Gasteiger partial charge in [-0.05, 0) is 51.4 Å². The molecule has 0 aliphatic heterocycles. The molecule has 0 saturated carbocycles. The topological polar surface area (TPSA) is 92.2 Å². The van der Waals surface area contributed by atoms with Gasteiger partial charge in [-0.25, -0.2) is 18.6 Å². The van der Waals surface area contributed by atoms with E-state index in [9.17, 15) is 0 Å². The highest BCUT2D eigenvalue weighted by Crippen LogP contribution is 2.21. The Kier molecular flexibility index (Phi) is 44.7. The maximum absolute atomic E-state index is 8.49. The Balaban J connectivity index is 0. The predicted octanol–water partition coefficient (Wildman–Crippen LogP) is 11.6. The van der Waals surface area contributed by atoms with Crippen molar-refractivity contribution in [1.29, 1.82) is 0 Å². The molecule has 6 heteroatoms. The van der Waals surface area contributed by atoms with Gasteiger partial charge < -0.3 is 4.48 Å². The van der Waals surface area contributed by atoms with Gasteiger partial charge in [0.15, 0.2) is 0 Å². The standard InChI is InChI=1S/C45H94N.ClHO4/c1-5-9-13-17-21-22-23-24-25-26-27-28-29-33-37-41-45-46(42-38-34-30-18-14-10-6-2,43-39-35-31-19-15-11-7-3)44-40-36-32-20-16-12-8-4;2-1(3,4)5/h5-45H2,1-4H3;(H,2,3,4,5)/q+1;/p-1. The number of hydrogen-bond donors (Lipinski definition) is 0. The van der Waals surface area contributed by atoms with Crippen molar-refractivity contribution in [1.82, 2.24) is 0 Å². The summed E-state index contributed by atoms with van der Waals surface area (Å²) in [6, 6.07) is 0. The summed E-state index contributed by atoms with van der Waals surface area (Å²) in [7, 11) is -4.94. The Hall–Kier alpha value is 0.0900. The van der Waals surface area contributed by atoms with Crippen LogP contribution in [0.1, 0.15) is 265 Å². The molecule has 0 aromatic carbocycles. The fourth-order valence-corrected chi connectivity index (χ4v) is 7.88. The van der Waals surface area contributed by atoms with Gasteiger partial charge in [-0.3, -0.25) is 0 Å². The van der Waals surface area contributed by atoms with Crippen molar-refractivity contribution in [2.75, 3.05) is 26.2 Å². The molecule has 0 amide bonds. The van der Waals surface area contributed by atoms with Crippen LogP contribution in [0.3, 0.4) is 0 Å². The molecule has 0 unspecified atom stereocenters. The highest BCUT2D eigenvalue weighted by atomic mass is 35.7. The minimum atomic E-state index is -4.94. The van der Waals surface area contributed by atoms with Crippen molar-refractivity contribution >= 4 is 0 Å². The van der Waals surface area contributed by atoms with Gasteiger partial charge in [0.25, 0.3) is 0 Å². The summed E-state index contributed by atoms with van der Waals surface area (Å²) >= 11 is 0. The number of rotatable bonds is 41. The molecule has 0 aromatic rings. The third-order valence-electron chi connectivity index (χ3n) is 11.2. The smallest absolute Gasteiger partial charge is 0.0786 e. The van der Waals surface area contributed by atoms with Crippen LogP contribution in [-0.4, -0.2) is 30.7 Å². The van der Waals surface area contributed by atoms with E-state index in [0.29, 0.717) is 0 Å². The minimum Gasteiger partial charge on any atom is -0.324 e. The normalized spacial score (nSPS) is 12.0. The van der Waals surface area contributed by atoms with Gasteiger partial charge in [0.2, 0.25) is 0 Å². The molecule has 0 radical (unpaired) electrons. The van der Waals surface area contributed by atoms with Gasteiger partial charge in [0.1, 0.15) is 0 Å². The lowest BCUT2D eigenvalue weighted by molar-refractivity contribution is -2.00.